The number of phenolic OH excluding ortho intramolecular Hbond substituents is 2. The number of hydrogen-bond acceptors (Lipinski definition) is 14. The number of halogens is 6. The number of terminal acetylenes is 2. The SMILES string of the molecule is C#Cc1c(F)ccc2cc(O)cc(-c3ccc4c(N5CC6CC(C5)C6O)nc(OCC56CCCN5CC(F)C6)nc4c3F)c12.C#Cc1c(F)ccc2cc(O)cc(-c3ccc4c(N5CCC6CCC(C5)O6)nc(OCC56CCCN5CC(F)C6)nc4c3F)c12. The number of nitrogens with zero attached hydrogens (tertiary/aromatic N) is 8. The molecule has 0 spiro atoms. The smallest absolute Gasteiger partial charge is 0.319 e. The van der Waals surface area contributed by atoms with Crippen molar-refractivity contribution in [3.05, 3.63) is 107 Å². The van der Waals surface area contributed by atoms with Crippen LogP contribution in [0.15, 0.2) is 72.8 Å². The number of aromatic nitrogens is 4. The summed E-state index contributed by atoms with van der Waals surface area (Å²) in [5, 5.41) is 34.0. The minimum absolute atomic E-state index is 0.00742. The zero-order chi connectivity index (χ0) is 61.2. The lowest BCUT2D eigenvalue weighted by Gasteiger charge is -2.51. The second-order valence-electron chi connectivity index (χ2n) is 25.7. The van der Waals surface area contributed by atoms with Gasteiger partial charge in [-0.3, -0.25) is 9.80 Å². The molecule has 8 unspecified atom stereocenters. The van der Waals surface area contributed by atoms with Crippen LogP contribution in [-0.2, 0) is 4.74 Å². The highest BCUT2D eigenvalue weighted by Crippen LogP contribution is 2.48. The van der Waals surface area contributed by atoms with Gasteiger partial charge in [-0.25, -0.2) is 26.3 Å². The molecule has 9 aliphatic rings. The molecule has 458 valence electrons. The number of anilines is 2. The van der Waals surface area contributed by atoms with Gasteiger partial charge in [0.05, 0.1) is 40.5 Å². The maximum absolute atomic E-state index is 16.8. The number of ether oxygens (including phenoxy) is 3. The lowest BCUT2D eigenvalue weighted by atomic mass is 9.68. The van der Waals surface area contributed by atoms with E-state index in [1.807, 2.05) is 4.90 Å². The van der Waals surface area contributed by atoms with Crippen LogP contribution in [0.1, 0.15) is 75.3 Å². The first-order chi connectivity index (χ1) is 43.1. The normalized spacial score (nSPS) is 27.1. The summed E-state index contributed by atoms with van der Waals surface area (Å²) in [6.07, 6.45) is 17.5. The summed E-state index contributed by atoms with van der Waals surface area (Å²) in [6, 6.07) is 17.8. The first kappa shape index (κ1) is 57.3. The summed E-state index contributed by atoms with van der Waals surface area (Å²) in [5.41, 5.74) is -0.189. The predicted octanol–water partition coefficient (Wildman–Crippen LogP) is 11.3. The first-order valence-electron chi connectivity index (χ1n) is 30.8. The van der Waals surface area contributed by atoms with Gasteiger partial charge in [-0.2, -0.15) is 19.9 Å². The van der Waals surface area contributed by atoms with Gasteiger partial charge in [-0.1, -0.05) is 36.1 Å². The van der Waals surface area contributed by atoms with Crippen molar-refractivity contribution in [2.75, 3.05) is 75.4 Å². The highest BCUT2D eigenvalue weighted by molar-refractivity contribution is 6.05. The molecule has 6 aromatic carbocycles. The Labute approximate surface area is 509 Å². The maximum atomic E-state index is 16.8. The van der Waals surface area contributed by atoms with Crippen LogP contribution in [0.2, 0.25) is 0 Å². The van der Waals surface area contributed by atoms with E-state index in [1.54, 1.807) is 24.3 Å². The Balaban J connectivity index is 0.000000149. The van der Waals surface area contributed by atoms with Crippen molar-refractivity contribution >= 4 is 55.0 Å². The second kappa shape index (κ2) is 22.1. The molecule has 3 N–H and O–H groups in total. The Morgan fingerprint density at radius 3 is 1.56 bits per heavy atom. The maximum Gasteiger partial charge on any atom is 0.319 e. The number of phenols is 2. The topological polar surface area (TPSA) is 153 Å². The molecule has 9 fully saturated rings. The quantitative estimate of drug-likeness (QED) is 0.0879. The van der Waals surface area contributed by atoms with Gasteiger partial charge in [0.2, 0.25) is 0 Å². The fourth-order valence-corrected chi connectivity index (χ4v) is 16.1. The molecule has 4 bridgehead atoms. The number of alkyl halides is 2. The molecule has 10 heterocycles. The zero-order valence-corrected chi connectivity index (χ0v) is 48.7. The molecule has 8 aliphatic heterocycles. The third kappa shape index (κ3) is 9.84. The number of aromatic hydroxyl groups is 2. The molecule has 8 saturated heterocycles. The van der Waals surface area contributed by atoms with Crippen LogP contribution in [0.4, 0.5) is 38.0 Å². The van der Waals surface area contributed by atoms with E-state index in [9.17, 15) is 32.9 Å². The van der Waals surface area contributed by atoms with Gasteiger partial charge in [-0.05, 0) is 135 Å². The monoisotopic (exact) mass is 1210 g/mol. The molecule has 8 atom stereocenters. The standard InChI is InChI=1S/C35H33F3N4O3.C34H31F3N4O3/c1-2-25-29(37)9-4-20-14-22(43)15-28(30(20)25)26-7-8-27-32(31(26)38)39-34(44-19-35-11-3-12-42(35)17-21(36)16-35)40-33(27)41-13-10-23-5-6-24(18-41)45-23;1-2-23-27(36)7-4-18-11-22(42)12-26(28(18)23)24-5-6-25-30(29(24)37)38-33(39-32(25)40-14-19-10-20(15-40)31(19)43)44-17-34-8-3-9-41(34)16-21(35)13-34/h1,4,7-9,14-15,21,23-24,43H,3,5-6,10-13,16-19H2;1,4-7,11-12,19-21,31,42-43H,3,8-10,13-17H2. The second-order valence-corrected chi connectivity index (χ2v) is 25.7. The Kier molecular flexibility index (Phi) is 14.2. The van der Waals surface area contributed by atoms with E-state index in [0.29, 0.717) is 96.1 Å². The molecule has 89 heavy (non-hydrogen) atoms. The third-order valence-electron chi connectivity index (χ3n) is 20.4. The molecule has 17 rings (SSSR count). The number of aliphatic hydroxyl groups is 1. The molecule has 1 saturated carbocycles. The van der Waals surface area contributed by atoms with Crippen molar-refractivity contribution in [2.24, 2.45) is 11.8 Å². The number of benzene rings is 6. The number of hydrogen-bond donors (Lipinski definition) is 3. The van der Waals surface area contributed by atoms with Crippen molar-refractivity contribution in [3.8, 4) is 70.5 Å². The molecule has 2 aromatic heterocycles. The summed E-state index contributed by atoms with van der Waals surface area (Å²) < 4.78 is 111. The van der Waals surface area contributed by atoms with Crippen molar-refractivity contribution < 1.29 is 55.9 Å². The van der Waals surface area contributed by atoms with Crippen LogP contribution < -0.4 is 19.3 Å². The highest BCUT2D eigenvalue weighted by atomic mass is 19.2. The summed E-state index contributed by atoms with van der Waals surface area (Å²) in [7, 11) is 0. The molecule has 14 nitrogen and oxygen atoms in total. The van der Waals surface area contributed by atoms with Gasteiger partial charge < -0.3 is 39.3 Å². The van der Waals surface area contributed by atoms with Crippen LogP contribution in [0.25, 0.3) is 65.6 Å². The van der Waals surface area contributed by atoms with E-state index in [1.165, 1.54) is 48.5 Å². The van der Waals surface area contributed by atoms with E-state index in [0.717, 1.165) is 64.5 Å². The fraction of sp³-hybridized carbons (Fsp3) is 0.420. The minimum Gasteiger partial charge on any atom is -0.508 e. The van der Waals surface area contributed by atoms with Gasteiger partial charge in [-0.15, -0.1) is 12.8 Å². The van der Waals surface area contributed by atoms with Crippen LogP contribution in [-0.4, -0.2) is 152 Å². The lowest BCUT2D eigenvalue weighted by Crippen LogP contribution is -2.58. The van der Waals surface area contributed by atoms with Gasteiger partial charge in [0.25, 0.3) is 0 Å². The van der Waals surface area contributed by atoms with Crippen LogP contribution in [0.3, 0.4) is 0 Å². The average molecular weight is 1220 g/mol. The summed E-state index contributed by atoms with van der Waals surface area (Å²) >= 11 is 0. The molecule has 20 heteroatoms. The minimum atomic E-state index is -0.923. The van der Waals surface area contributed by atoms with Gasteiger partial charge >= 0.3 is 12.0 Å². The van der Waals surface area contributed by atoms with Crippen molar-refractivity contribution in [1.29, 1.82) is 0 Å². The molecule has 0 amide bonds. The largest absolute Gasteiger partial charge is 0.508 e. The van der Waals surface area contributed by atoms with E-state index < -0.39 is 46.7 Å². The van der Waals surface area contributed by atoms with Crippen LogP contribution in [0, 0.1) is 59.8 Å². The first-order valence-corrected chi connectivity index (χ1v) is 30.8. The number of fused-ring (bicyclic) bond motifs is 10. The zero-order valence-electron chi connectivity index (χ0n) is 48.7. The van der Waals surface area contributed by atoms with Crippen molar-refractivity contribution in [3.63, 3.8) is 0 Å². The number of rotatable bonds is 10. The number of aliphatic hydroxyl groups excluding tert-OH is 1. The average Bonchev–Trinajstić information content (AvgIpc) is 1.72. The molecule has 0 radical (unpaired) electrons. The lowest BCUT2D eigenvalue weighted by molar-refractivity contribution is -0.0532. The Morgan fingerprint density at radius 1 is 0.573 bits per heavy atom. The predicted molar refractivity (Wildman–Crippen MR) is 326 cm³/mol. The van der Waals surface area contributed by atoms with Crippen molar-refractivity contribution in [1.82, 2.24) is 29.7 Å². The molecular formula is C69H64F6N8O6. The summed E-state index contributed by atoms with van der Waals surface area (Å²) in [4.78, 5) is 27.2. The van der Waals surface area contributed by atoms with Crippen LogP contribution in [0.5, 0.6) is 23.5 Å². The molecular weight excluding hydrogens is 1150 g/mol. The Morgan fingerprint density at radius 2 is 1.07 bits per heavy atom. The Hall–Kier alpha value is -8.14. The van der Waals surface area contributed by atoms with Crippen LogP contribution >= 0.6 is 0 Å². The summed E-state index contributed by atoms with van der Waals surface area (Å²) in [6.45, 7) is 5.20. The molecule has 8 aromatic rings. The van der Waals surface area contributed by atoms with E-state index in [4.69, 9.17) is 37.0 Å². The number of piperidine rings is 2. The highest BCUT2D eigenvalue weighted by Gasteiger charge is 2.51. The molecule has 1 aliphatic carbocycles. The summed E-state index contributed by atoms with van der Waals surface area (Å²) in [5.74, 6) is 3.21. The third-order valence-corrected chi connectivity index (χ3v) is 20.4. The van der Waals surface area contributed by atoms with E-state index >= 15 is 8.78 Å². The van der Waals surface area contributed by atoms with E-state index in [-0.39, 0.29) is 111 Å². The fourth-order valence-electron chi connectivity index (χ4n) is 16.1. The van der Waals surface area contributed by atoms with Gasteiger partial charge in [0.15, 0.2) is 11.6 Å². The van der Waals surface area contributed by atoms with Gasteiger partial charge in [0, 0.05) is 96.6 Å². The van der Waals surface area contributed by atoms with E-state index in [2.05, 4.69) is 36.5 Å². The Bertz CT molecular complexity index is 4290. The van der Waals surface area contributed by atoms with Gasteiger partial charge in [0.1, 0.15) is 71.4 Å². The van der Waals surface area contributed by atoms with Crippen molar-refractivity contribution in [2.45, 2.75) is 106 Å².